The third-order valence-electron chi connectivity index (χ3n) is 5.81. The third-order valence-corrected chi connectivity index (χ3v) is 5.81. The topological polar surface area (TPSA) is 78.0 Å². The first-order valence-electron chi connectivity index (χ1n) is 11.1. The van der Waals surface area contributed by atoms with Crippen LogP contribution in [0.15, 0.2) is 72.9 Å². The van der Waals surface area contributed by atoms with Crippen LogP contribution in [0.1, 0.15) is 12.8 Å². The Bertz CT molecular complexity index is 1130. The Labute approximate surface area is 192 Å². The van der Waals surface area contributed by atoms with Gasteiger partial charge in [-0.2, -0.15) is 0 Å². The summed E-state index contributed by atoms with van der Waals surface area (Å²) in [6.45, 7) is 2.80. The molecule has 0 radical (unpaired) electrons. The molecule has 1 N–H and O–H groups in total. The molecule has 1 aromatic heterocycles. The van der Waals surface area contributed by atoms with Crippen molar-refractivity contribution >= 4 is 29.3 Å². The van der Waals surface area contributed by atoms with Crippen LogP contribution >= 0.6 is 0 Å². The zero-order chi connectivity index (χ0) is 22.6. The number of rotatable bonds is 5. The number of benzene rings is 2. The van der Waals surface area contributed by atoms with Crippen molar-refractivity contribution in [2.75, 3.05) is 41.3 Å². The molecule has 2 saturated heterocycles. The maximum atomic E-state index is 13.0. The summed E-state index contributed by atoms with van der Waals surface area (Å²) in [6, 6.07) is 20.4. The molecule has 2 fully saturated rings. The van der Waals surface area contributed by atoms with Crippen molar-refractivity contribution in [2.24, 2.45) is 0 Å². The van der Waals surface area contributed by atoms with Gasteiger partial charge in [0, 0.05) is 43.6 Å². The number of amides is 4. The number of likely N-dealkylation sites (tertiary alicyclic amines) is 1. The van der Waals surface area contributed by atoms with Crippen LogP contribution < -0.4 is 19.9 Å². The molecule has 2 aromatic carbocycles. The van der Waals surface area contributed by atoms with Gasteiger partial charge in [-0.05, 0) is 49.2 Å². The SMILES string of the molecule is O=C(Nc1ccc(Oc2cccc(N3CCN(c4ccccc4)C3=O)c2)cn1)N1CCCC1. The number of aromatic nitrogens is 1. The van der Waals surface area contributed by atoms with Crippen LogP contribution in [0.3, 0.4) is 0 Å². The first kappa shape index (κ1) is 20.8. The molecule has 8 heteroatoms. The standard InChI is InChI=1S/C25H25N5O3/c31-24(28-13-4-5-14-28)27-23-12-11-22(18-26-23)33-21-10-6-9-20(17-21)30-16-15-29(25(30)32)19-7-2-1-3-8-19/h1-3,6-12,17-18H,4-5,13-16H2,(H,26,27,31). The van der Waals surface area contributed by atoms with E-state index in [9.17, 15) is 9.59 Å². The summed E-state index contributed by atoms with van der Waals surface area (Å²) in [5, 5.41) is 2.82. The van der Waals surface area contributed by atoms with Crippen molar-refractivity contribution in [3.05, 3.63) is 72.9 Å². The minimum absolute atomic E-state index is 0.0573. The maximum absolute atomic E-state index is 13.0. The van der Waals surface area contributed by atoms with Crippen LogP contribution in [0, 0.1) is 0 Å². The quantitative estimate of drug-likeness (QED) is 0.605. The first-order chi connectivity index (χ1) is 16.2. The van der Waals surface area contributed by atoms with Crippen LogP contribution in [0.5, 0.6) is 11.5 Å². The second-order valence-corrected chi connectivity index (χ2v) is 8.02. The number of hydrogen-bond donors (Lipinski definition) is 1. The van der Waals surface area contributed by atoms with Crippen molar-refractivity contribution in [3.8, 4) is 11.5 Å². The molecule has 0 atom stereocenters. The monoisotopic (exact) mass is 443 g/mol. The molecule has 2 aliphatic heterocycles. The molecule has 0 unspecified atom stereocenters. The Morgan fingerprint density at radius 3 is 2.27 bits per heavy atom. The lowest BCUT2D eigenvalue weighted by Crippen LogP contribution is -2.32. The molecule has 3 heterocycles. The van der Waals surface area contributed by atoms with E-state index in [1.807, 2.05) is 54.6 Å². The lowest BCUT2D eigenvalue weighted by Gasteiger charge is -2.19. The largest absolute Gasteiger partial charge is 0.456 e. The van der Waals surface area contributed by atoms with Crippen molar-refractivity contribution in [3.63, 3.8) is 0 Å². The summed E-state index contributed by atoms with van der Waals surface area (Å²) < 4.78 is 5.95. The number of ether oxygens (including phenoxy) is 1. The number of anilines is 3. The number of urea groups is 2. The molecule has 2 aliphatic rings. The van der Waals surface area contributed by atoms with Gasteiger partial charge in [-0.1, -0.05) is 24.3 Å². The highest BCUT2D eigenvalue weighted by Crippen LogP contribution is 2.29. The Kier molecular flexibility index (Phi) is 5.80. The number of nitrogens with one attached hydrogen (secondary N) is 1. The van der Waals surface area contributed by atoms with Gasteiger partial charge in [0.1, 0.15) is 17.3 Å². The van der Waals surface area contributed by atoms with E-state index < -0.39 is 0 Å². The Balaban J connectivity index is 1.23. The van der Waals surface area contributed by atoms with Crippen molar-refractivity contribution in [2.45, 2.75) is 12.8 Å². The molecule has 3 aromatic rings. The average Bonchev–Trinajstić information content (AvgIpc) is 3.51. The number of pyridine rings is 1. The fourth-order valence-corrected chi connectivity index (χ4v) is 4.10. The van der Waals surface area contributed by atoms with Crippen molar-refractivity contribution < 1.29 is 14.3 Å². The fourth-order valence-electron chi connectivity index (χ4n) is 4.10. The van der Waals surface area contributed by atoms with Crippen molar-refractivity contribution in [1.82, 2.24) is 9.88 Å². The summed E-state index contributed by atoms with van der Waals surface area (Å²) in [6.07, 6.45) is 3.66. The van der Waals surface area contributed by atoms with Gasteiger partial charge in [-0.25, -0.2) is 14.6 Å². The number of hydrogen-bond acceptors (Lipinski definition) is 4. The molecule has 0 spiro atoms. The zero-order valence-electron chi connectivity index (χ0n) is 18.2. The predicted octanol–water partition coefficient (Wildman–Crippen LogP) is 4.95. The van der Waals surface area contributed by atoms with Crippen LogP contribution in [0.25, 0.3) is 0 Å². The smallest absolute Gasteiger partial charge is 0.329 e. The van der Waals surface area contributed by atoms with Gasteiger partial charge in [0.15, 0.2) is 0 Å². The molecule has 33 heavy (non-hydrogen) atoms. The highest BCUT2D eigenvalue weighted by Gasteiger charge is 2.30. The van der Waals surface area contributed by atoms with E-state index in [0.717, 1.165) is 37.3 Å². The van der Waals surface area contributed by atoms with Gasteiger partial charge in [0.25, 0.3) is 0 Å². The molecule has 0 bridgehead atoms. The number of para-hydroxylation sites is 1. The Morgan fingerprint density at radius 1 is 0.818 bits per heavy atom. The van der Waals surface area contributed by atoms with Crippen molar-refractivity contribution in [1.29, 1.82) is 0 Å². The Hall–Kier alpha value is -4.07. The molecular weight excluding hydrogens is 418 g/mol. The van der Waals surface area contributed by atoms with Gasteiger partial charge in [0.05, 0.1) is 6.20 Å². The van der Waals surface area contributed by atoms with E-state index in [-0.39, 0.29) is 12.1 Å². The highest BCUT2D eigenvalue weighted by molar-refractivity contribution is 6.06. The van der Waals surface area contributed by atoms with Crippen LogP contribution in [0.4, 0.5) is 26.8 Å². The van der Waals surface area contributed by atoms with Gasteiger partial charge in [-0.3, -0.25) is 15.1 Å². The van der Waals surface area contributed by atoms with E-state index in [2.05, 4.69) is 10.3 Å². The minimum Gasteiger partial charge on any atom is -0.456 e. The van der Waals surface area contributed by atoms with E-state index in [1.54, 1.807) is 33.0 Å². The Morgan fingerprint density at radius 2 is 1.55 bits per heavy atom. The molecule has 168 valence electrons. The summed E-state index contributed by atoms with van der Waals surface area (Å²) in [7, 11) is 0. The molecule has 0 aliphatic carbocycles. The van der Waals surface area contributed by atoms with Crippen LogP contribution in [-0.4, -0.2) is 48.1 Å². The third kappa shape index (κ3) is 4.59. The second-order valence-electron chi connectivity index (χ2n) is 8.02. The molecule has 8 nitrogen and oxygen atoms in total. The van der Waals surface area contributed by atoms with Gasteiger partial charge >= 0.3 is 12.1 Å². The molecule has 5 rings (SSSR count). The maximum Gasteiger partial charge on any atom is 0.329 e. The normalized spacial score (nSPS) is 15.8. The van der Waals surface area contributed by atoms with Crippen LogP contribution in [-0.2, 0) is 0 Å². The second kappa shape index (κ2) is 9.20. The number of nitrogens with zero attached hydrogens (tertiary/aromatic N) is 4. The summed E-state index contributed by atoms with van der Waals surface area (Å²) in [5.74, 6) is 1.63. The molecule has 0 saturated carbocycles. The lowest BCUT2D eigenvalue weighted by atomic mass is 10.3. The van der Waals surface area contributed by atoms with E-state index in [0.29, 0.717) is 30.4 Å². The van der Waals surface area contributed by atoms with E-state index in [1.165, 1.54) is 0 Å². The zero-order valence-corrected chi connectivity index (χ0v) is 18.2. The minimum atomic E-state index is -0.124. The molecule has 4 amide bonds. The summed E-state index contributed by atoms with van der Waals surface area (Å²) >= 11 is 0. The van der Waals surface area contributed by atoms with Gasteiger partial charge in [0.2, 0.25) is 0 Å². The summed E-state index contributed by atoms with van der Waals surface area (Å²) in [4.78, 5) is 34.8. The van der Waals surface area contributed by atoms with E-state index >= 15 is 0 Å². The van der Waals surface area contributed by atoms with Crippen LogP contribution in [0.2, 0.25) is 0 Å². The van der Waals surface area contributed by atoms with Gasteiger partial charge in [-0.15, -0.1) is 0 Å². The number of carbonyl (C=O) groups is 2. The average molecular weight is 444 g/mol. The first-order valence-corrected chi connectivity index (χ1v) is 11.1. The number of carbonyl (C=O) groups excluding carboxylic acids is 2. The van der Waals surface area contributed by atoms with E-state index in [4.69, 9.17) is 4.74 Å². The molecular formula is C25H25N5O3. The predicted molar refractivity (Wildman–Crippen MR) is 127 cm³/mol. The van der Waals surface area contributed by atoms with Gasteiger partial charge < -0.3 is 9.64 Å². The summed E-state index contributed by atoms with van der Waals surface area (Å²) in [5.41, 5.74) is 1.67. The highest BCUT2D eigenvalue weighted by atomic mass is 16.5. The lowest BCUT2D eigenvalue weighted by molar-refractivity contribution is 0.222. The fraction of sp³-hybridized carbons (Fsp3) is 0.240.